The fraction of sp³-hybridized carbons (Fsp3) is 0.583. The third kappa shape index (κ3) is 3.28. The van der Waals surface area contributed by atoms with E-state index in [2.05, 4.69) is 4.98 Å². The maximum absolute atomic E-state index is 12.3. The fourth-order valence-electron chi connectivity index (χ4n) is 2.26. The molecule has 100 valence electrons. The van der Waals surface area contributed by atoms with Crippen LogP contribution < -0.4 is 5.73 Å². The molecule has 2 rings (SSSR count). The van der Waals surface area contributed by atoms with Crippen LogP contribution in [0.4, 0.5) is 0 Å². The second-order valence-electron chi connectivity index (χ2n) is 4.72. The Bertz CT molecular complexity index is 475. The lowest BCUT2D eigenvalue weighted by atomic mass is 10.0. The van der Waals surface area contributed by atoms with Gasteiger partial charge in [0.25, 0.3) is 0 Å². The summed E-state index contributed by atoms with van der Waals surface area (Å²) in [5.41, 5.74) is 6.36. The minimum Gasteiger partial charge on any atom is -0.330 e. The average Bonchev–Trinajstić information content (AvgIpc) is 2.39. The van der Waals surface area contributed by atoms with Crippen LogP contribution >= 0.6 is 0 Å². The van der Waals surface area contributed by atoms with Gasteiger partial charge in [-0.2, -0.15) is 0 Å². The molecule has 1 saturated heterocycles. The number of rotatable bonds is 4. The zero-order valence-corrected chi connectivity index (χ0v) is 11.1. The van der Waals surface area contributed by atoms with E-state index in [4.69, 9.17) is 5.73 Å². The molecule has 0 aromatic carbocycles. The van der Waals surface area contributed by atoms with Gasteiger partial charge in [-0.25, -0.2) is 12.7 Å². The summed E-state index contributed by atoms with van der Waals surface area (Å²) >= 11 is 0. The van der Waals surface area contributed by atoms with E-state index < -0.39 is 10.0 Å². The smallest absolute Gasteiger partial charge is 0.218 e. The molecule has 1 atom stereocenters. The first-order chi connectivity index (χ1) is 8.62. The Labute approximate surface area is 108 Å². The first kappa shape index (κ1) is 13.5. The first-order valence-corrected chi connectivity index (χ1v) is 7.79. The highest BCUT2D eigenvalue weighted by Crippen LogP contribution is 2.20. The second-order valence-corrected chi connectivity index (χ2v) is 6.69. The summed E-state index contributed by atoms with van der Waals surface area (Å²) in [5, 5.41) is 0. The van der Waals surface area contributed by atoms with Crippen molar-refractivity contribution in [2.24, 2.45) is 11.7 Å². The van der Waals surface area contributed by atoms with Gasteiger partial charge in [-0.15, -0.1) is 0 Å². The van der Waals surface area contributed by atoms with Crippen LogP contribution in [0.3, 0.4) is 0 Å². The van der Waals surface area contributed by atoms with Crippen molar-refractivity contribution in [3.05, 3.63) is 30.1 Å². The Morgan fingerprint density at radius 3 is 3.00 bits per heavy atom. The molecule has 18 heavy (non-hydrogen) atoms. The van der Waals surface area contributed by atoms with Crippen LogP contribution in [0.5, 0.6) is 0 Å². The molecule has 0 aliphatic carbocycles. The highest BCUT2D eigenvalue weighted by Gasteiger charge is 2.28. The third-order valence-corrected chi connectivity index (χ3v) is 5.10. The maximum Gasteiger partial charge on any atom is 0.218 e. The zero-order valence-electron chi connectivity index (χ0n) is 10.3. The average molecular weight is 269 g/mol. The molecule has 1 aliphatic heterocycles. The molecule has 6 heteroatoms. The minimum absolute atomic E-state index is 0.0259. The van der Waals surface area contributed by atoms with Crippen LogP contribution in [-0.4, -0.2) is 37.3 Å². The van der Waals surface area contributed by atoms with Crippen LogP contribution in [0.1, 0.15) is 18.4 Å². The van der Waals surface area contributed by atoms with E-state index in [1.807, 2.05) is 0 Å². The molecule has 0 saturated carbocycles. The normalized spacial score (nSPS) is 21.9. The van der Waals surface area contributed by atoms with Gasteiger partial charge in [0, 0.05) is 25.5 Å². The predicted molar refractivity (Wildman–Crippen MR) is 70.2 cm³/mol. The Morgan fingerprint density at radius 1 is 1.50 bits per heavy atom. The number of piperidine rings is 1. The quantitative estimate of drug-likeness (QED) is 0.867. The number of hydrogen-bond acceptors (Lipinski definition) is 4. The Kier molecular flexibility index (Phi) is 4.31. The van der Waals surface area contributed by atoms with Gasteiger partial charge in [0.05, 0.1) is 5.75 Å². The lowest BCUT2D eigenvalue weighted by Crippen LogP contribution is -2.42. The van der Waals surface area contributed by atoms with Crippen LogP contribution in [-0.2, 0) is 15.8 Å². The molecule has 2 heterocycles. The maximum atomic E-state index is 12.3. The topological polar surface area (TPSA) is 76.3 Å². The monoisotopic (exact) mass is 269 g/mol. The summed E-state index contributed by atoms with van der Waals surface area (Å²) in [6.45, 7) is 1.72. The highest BCUT2D eigenvalue weighted by molar-refractivity contribution is 7.88. The molecule has 0 spiro atoms. The van der Waals surface area contributed by atoms with Gasteiger partial charge in [0.15, 0.2) is 0 Å². The van der Waals surface area contributed by atoms with Gasteiger partial charge in [-0.3, -0.25) is 4.98 Å². The van der Waals surface area contributed by atoms with Crippen LogP contribution in [0, 0.1) is 5.92 Å². The minimum atomic E-state index is -3.24. The molecular formula is C12H19N3O2S. The molecule has 1 aromatic rings. The number of pyridine rings is 1. The van der Waals surface area contributed by atoms with Crippen molar-refractivity contribution in [3.63, 3.8) is 0 Å². The summed E-state index contributed by atoms with van der Waals surface area (Å²) in [6, 6.07) is 3.54. The largest absolute Gasteiger partial charge is 0.330 e. The number of nitrogens with two attached hydrogens (primary N) is 1. The van der Waals surface area contributed by atoms with Crippen molar-refractivity contribution in [1.29, 1.82) is 0 Å². The number of hydrogen-bond donors (Lipinski definition) is 1. The van der Waals surface area contributed by atoms with E-state index >= 15 is 0 Å². The van der Waals surface area contributed by atoms with E-state index in [0.717, 1.165) is 18.4 Å². The molecule has 0 bridgehead atoms. The van der Waals surface area contributed by atoms with E-state index in [0.29, 0.717) is 25.6 Å². The molecule has 0 unspecified atom stereocenters. The summed E-state index contributed by atoms with van der Waals surface area (Å²) < 4.78 is 26.1. The Hall–Kier alpha value is -0.980. The van der Waals surface area contributed by atoms with Crippen molar-refractivity contribution >= 4 is 10.0 Å². The molecule has 5 nitrogen and oxygen atoms in total. The first-order valence-electron chi connectivity index (χ1n) is 6.18. The second kappa shape index (κ2) is 5.77. The lowest BCUT2D eigenvalue weighted by molar-refractivity contribution is 0.271. The van der Waals surface area contributed by atoms with Gasteiger partial charge < -0.3 is 5.73 Å². The molecule has 1 aromatic heterocycles. The third-order valence-electron chi connectivity index (χ3n) is 3.28. The Balaban J connectivity index is 2.06. The van der Waals surface area contributed by atoms with Crippen LogP contribution in [0.2, 0.25) is 0 Å². The van der Waals surface area contributed by atoms with Crippen molar-refractivity contribution < 1.29 is 8.42 Å². The van der Waals surface area contributed by atoms with E-state index in [1.54, 1.807) is 28.8 Å². The van der Waals surface area contributed by atoms with Crippen molar-refractivity contribution in [2.75, 3.05) is 19.6 Å². The molecule has 0 amide bonds. The van der Waals surface area contributed by atoms with Gasteiger partial charge >= 0.3 is 0 Å². The predicted octanol–water partition coefficient (Wildman–Crippen LogP) is 0.582. The molecule has 2 N–H and O–H groups in total. The van der Waals surface area contributed by atoms with Gasteiger partial charge in [-0.05, 0) is 36.9 Å². The SMILES string of the molecule is NC[C@@H]1CCCN(S(=O)(=O)Cc2cccnc2)C1. The fourth-order valence-corrected chi connectivity index (χ4v) is 3.88. The van der Waals surface area contributed by atoms with Crippen molar-refractivity contribution in [1.82, 2.24) is 9.29 Å². The summed E-state index contributed by atoms with van der Waals surface area (Å²) in [6.07, 6.45) is 5.16. The van der Waals surface area contributed by atoms with Crippen LogP contribution in [0.25, 0.3) is 0 Å². The molecular weight excluding hydrogens is 250 g/mol. The van der Waals surface area contributed by atoms with E-state index in [1.165, 1.54) is 0 Å². The van der Waals surface area contributed by atoms with E-state index in [-0.39, 0.29) is 5.75 Å². The van der Waals surface area contributed by atoms with E-state index in [9.17, 15) is 8.42 Å². The summed E-state index contributed by atoms with van der Waals surface area (Å²) in [4.78, 5) is 3.94. The Morgan fingerprint density at radius 2 is 2.33 bits per heavy atom. The molecule has 1 fully saturated rings. The number of nitrogens with zero attached hydrogens (tertiary/aromatic N) is 2. The van der Waals surface area contributed by atoms with Crippen molar-refractivity contribution in [2.45, 2.75) is 18.6 Å². The van der Waals surface area contributed by atoms with Crippen molar-refractivity contribution in [3.8, 4) is 0 Å². The molecule has 1 aliphatic rings. The van der Waals surface area contributed by atoms with Gasteiger partial charge in [0.1, 0.15) is 0 Å². The summed E-state index contributed by atoms with van der Waals surface area (Å²) in [7, 11) is -3.24. The van der Waals surface area contributed by atoms with Gasteiger partial charge in [-0.1, -0.05) is 6.07 Å². The molecule has 0 radical (unpaired) electrons. The number of aromatic nitrogens is 1. The standard InChI is InChI=1S/C12H19N3O2S/c13-7-11-4-2-6-15(9-11)18(16,17)10-12-3-1-5-14-8-12/h1,3,5,8,11H,2,4,6-7,9-10,13H2/t11-/m0/s1. The summed E-state index contributed by atoms with van der Waals surface area (Å²) in [5.74, 6) is 0.320. The zero-order chi connectivity index (χ0) is 13.0. The number of sulfonamides is 1. The van der Waals surface area contributed by atoms with Crippen LogP contribution in [0.15, 0.2) is 24.5 Å². The van der Waals surface area contributed by atoms with Gasteiger partial charge in [0.2, 0.25) is 10.0 Å². The highest BCUT2D eigenvalue weighted by atomic mass is 32.2. The lowest BCUT2D eigenvalue weighted by Gasteiger charge is -2.31.